The number of rotatable bonds is 3. The fourth-order valence-electron chi connectivity index (χ4n) is 0.197. The molecule has 0 heterocycles. The molecule has 0 spiro atoms. The average Bonchev–Trinajstić information content (AvgIpc) is 1.61. The van der Waals surface area contributed by atoms with Gasteiger partial charge in [0.15, 0.2) is 0 Å². The maximum atomic E-state index is 9.52. The van der Waals surface area contributed by atoms with Gasteiger partial charge in [-0.05, 0) is 0 Å². The topological polar surface area (TPSA) is 43.1 Å². The van der Waals surface area contributed by atoms with Crippen molar-refractivity contribution < 1.29 is 4.92 Å². The van der Waals surface area contributed by atoms with Crippen molar-refractivity contribution >= 4 is 0 Å². The molecular formula is C4H7NO2. The molecule has 0 aliphatic carbocycles. The summed E-state index contributed by atoms with van der Waals surface area (Å²) in [6, 6.07) is 0. The second-order valence-corrected chi connectivity index (χ2v) is 1.13. The second kappa shape index (κ2) is 3.33. The number of nitrogens with zero attached hydrogens (tertiary/aromatic N) is 1. The maximum absolute atomic E-state index is 9.52. The minimum absolute atomic E-state index is 0.00347. The third kappa shape index (κ3) is 5.14. The number of hydrogen-bond donors (Lipinski definition) is 0. The van der Waals surface area contributed by atoms with Gasteiger partial charge in [0.1, 0.15) is 0 Å². The van der Waals surface area contributed by atoms with E-state index >= 15 is 0 Å². The molecule has 0 aliphatic heterocycles. The summed E-state index contributed by atoms with van der Waals surface area (Å²) in [4.78, 5) is 9.16. The van der Waals surface area contributed by atoms with E-state index in [4.69, 9.17) is 0 Å². The Bertz CT molecular complexity index is 79.8. The van der Waals surface area contributed by atoms with Gasteiger partial charge in [-0.15, -0.1) is 6.58 Å². The molecule has 0 saturated carbocycles. The zero-order valence-electron chi connectivity index (χ0n) is 3.96. The van der Waals surface area contributed by atoms with Crippen molar-refractivity contribution in [3.8, 4) is 0 Å². The van der Waals surface area contributed by atoms with Gasteiger partial charge < -0.3 is 0 Å². The molecule has 0 bridgehead atoms. The summed E-state index contributed by atoms with van der Waals surface area (Å²) in [5, 5.41) is 9.52. The molecule has 0 aliphatic rings. The Morgan fingerprint density at radius 1 is 1.86 bits per heavy atom. The highest BCUT2D eigenvalue weighted by Gasteiger charge is 1.87. The van der Waals surface area contributed by atoms with Crippen LogP contribution in [0, 0.1) is 10.1 Å². The molecule has 0 N–H and O–H groups in total. The van der Waals surface area contributed by atoms with E-state index in [1.54, 1.807) is 0 Å². The Balaban J connectivity index is 2.97. The molecule has 0 radical (unpaired) electrons. The summed E-state index contributed by atoms with van der Waals surface area (Å²) >= 11 is 0. The van der Waals surface area contributed by atoms with Crippen LogP contribution in [0.2, 0.25) is 0 Å². The van der Waals surface area contributed by atoms with Gasteiger partial charge >= 0.3 is 0 Å². The van der Waals surface area contributed by atoms with E-state index in [1.165, 1.54) is 6.08 Å². The molecule has 0 rings (SSSR count). The summed E-state index contributed by atoms with van der Waals surface area (Å²) < 4.78 is 0. The van der Waals surface area contributed by atoms with E-state index in [0.717, 1.165) is 0 Å². The molecule has 40 valence electrons. The van der Waals surface area contributed by atoms with Crippen LogP contribution in [0.15, 0.2) is 12.7 Å². The molecule has 0 aromatic rings. The molecule has 0 aromatic carbocycles. The lowest BCUT2D eigenvalue weighted by Gasteiger charge is -1.81. The predicted octanol–water partition coefficient (Wildman–Crippen LogP) is 0.839. The highest BCUT2D eigenvalue weighted by Crippen LogP contribution is 1.77. The lowest BCUT2D eigenvalue weighted by atomic mass is 10.4. The SMILES string of the molecule is C=CCC[N+](=O)[O-]. The van der Waals surface area contributed by atoms with Crippen molar-refractivity contribution in [2.75, 3.05) is 6.54 Å². The predicted molar refractivity (Wildman–Crippen MR) is 26.7 cm³/mol. The van der Waals surface area contributed by atoms with Crippen molar-refractivity contribution in [3.05, 3.63) is 22.8 Å². The van der Waals surface area contributed by atoms with Gasteiger partial charge in [0.25, 0.3) is 0 Å². The van der Waals surface area contributed by atoms with Gasteiger partial charge in [-0.3, -0.25) is 10.1 Å². The smallest absolute Gasteiger partial charge is 0.207 e. The van der Waals surface area contributed by atoms with Gasteiger partial charge in [-0.25, -0.2) is 0 Å². The zero-order valence-corrected chi connectivity index (χ0v) is 3.96. The summed E-state index contributed by atoms with van der Waals surface area (Å²) in [7, 11) is 0. The highest BCUT2D eigenvalue weighted by molar-refractivity contribution is 4.63. The maximum Gasteiger partial charge on any atom is 0.207 e. The van der Waals surface area contributed by atoms with Gasteiger partial charge in [-0.2, -0.15) is 0 Å². The highest BCUT2D eigenvalue weighted by atomic mass is 16.6. The minimum atomic E-state index is -0.359. The molecule has 0 saturated heterocycles. The lowest BCUT2D eigenvalue weighted by Crippen LogP contribution is -1.97. The van der Waals surface area contributed by atoms with Crippen LogP contribution in [0.5, 0.6) is 0 Å². The molecule has 0 amide bonds. The molecule has 0 fully saturated rings. The van der Waals surface area contributed by atoms with E-state index in [2.05, 4.69) is 6.58 Å². The molecule has 0 atom stereocenters. The van der Waals surface area contributed by atoms with Gasteiger partial charge in [0.05, 0.1) is 0 Å². The zero-order chi connectivity index (χ0) is 5.70. The Hall–Kier alpha value is -0.860. The lowest BCUT2D eigenvalue weighted by molar-refractivity contribution is -0.478. The Morgan fingerprint density at radius 2 is 2.43 bits per heavy atom. The number of hydrogen-bond acceptors (Lipinski definition) is 2. The summed E-state index contributed by atoms with van der Waals surface area (Å²) in [5.41, 5.74) is 0. The molecule has 3 nitrogen and oxygen atoms in total. The first-order valence-electron chi connectivity index (χ1n) is 2.00. The summed E-state index contributed by atoms with van der Waals surface area (Å²) in [5.74, 6) is 0. The molecule has 0 unspecified atom stereocenters. The summed E-state index contributed by atoms with van der Waals surface area (Å²) in [6.07, 6.45) is 2.00. The van der Waals surface area contributed by atoms with Crippen molar-refractivity contribution in [2.45, 2.75) is 6.42 Å². The monoisotopic (exact) mass is 101 g/mol. The van der Waals surface area contributed by atoms with Crippen LogP contribution >= 0.6 is 0 Å². The van der Waals surface area contributed by atoms with Crippen LogP contribution in [0.3, 0.4) is 0 Å². The van der Waals surface area contributed by atoms with Gasteiger partial charge in [0.2, 0.25) is 6.54 Å². The van der Waals surface area contributed by atoms with Crippen LogP contribution in [-0.4, -0.2) is 11.5 Å². The Morgan fingerprint density at radius 3 is 2.57 bits per heavy atom. The first-order chi connectivity index (χ1) is 3.27. The first kappa shape index (κ1) is 6.14. The van der Waals surface area contributed by atoms with Gasteiger partial charge in [0, 0.05) is 11.3 Å². The molecule has 0 aromatic heterocycles. The fourth-order valence-corrected chi connectivity index (χ4v) is 0.197. The molecule has 7 heavy (non-hydrogen) atoms. The fraction of sp³-hybridized carbons (Fsp3) is 0.500. The van der Waals surface area contributed by atoms with E-state index in [-0.39, 0.29) is 11.5 Å². The molecule has 3 heteroatoms. The normalized spacial score (nSPS) is 8.00. The third-order valence-electron chi connectivity index (χ3n) is 0.516. The number of nitro groups is 1. The van der Waals surface area contributed by atoms with E-state index < -0.39 is 0 Å². The van der Waals surface area contributed by atoms with E-state index in [9.17, 15) is 10.1 Å². The van der Waals surface area contributed by atoms with Crippen molar-refractivity contribution in [1.29, 1.82) is 0 Å². The van der Waals surface area contributed by atoms with Crippen LogP contribution in [0.1, 0.15) is 6.42 Å². The van der Waals surface area contributed by atoms with Crippen LogP contribution in [0.25, 0.3) is 0 Å². The van der Waals surface area contributed by atoms with Crippen LogP contribution < -0.4 is 0 Å². The Labute approximate surface area is 41.8 Å². The minimum Gasteiger partial charge on any atom is -0.265 e. The van der Waals surface area contributed by atoms with Crippen molar-refractivity contribution in [1.82, 2.24) is 0 Å². The third-order valence-corrected chi connectivity index (χ3v) is 0.516. The quantitative estimate of drug-likeness (QED) is 0.300. The van der Waals surface area contributed by atoms with Crippen LogP contribution in [0.4, 0.5) is 0 Å². The standard InChI is InChI=1S/C4H7NO2/c1-2-3-4-5(6)7/h2H,1,3-4H2. The van der Waals surface area contributed by atoms with Crippen molar-refractivity contribution in [2.24, 2.45) is 0 Å². The first-order valence-corrected chi connectivity index (χ1v) is 2.00. The Kier molecular flexibility index (Phi) is 2.92. The van der Waals surface area contributed by atoms with Crippen LogP contribution in [-0.2, 0) is 0 Å². The van der Waals surface area contributed by atoms with Gasteiger partial charge in [-0.1, -0.05) is 6.08 Å². The largest absolute Gasteiger partial charge is 0.265 e. The van der Waals surface area contributed by atoms with E-state index in [1.807, 2.05) is 0 Å². The van der Waals surface area contributed by atoms with Crippen molar-refractivity contribution in [3.63, 3.8) is 0 Å². The van der Waals surface area contributed by atoms with E-state index in [0.29, 0.717) is 6.42 Å². The average molecular weight is 101 g/mol. The second-order valence-electron chi connectivity index (χ2n) is 1.13. The molecular weight excluding hydrogens is 94.0 g/mol. The summed E-state index contributed by atoms with van der Waals surface area (Å²) in [6.45, 7) is 3.33.